The summed E-state index contributed by atoms with van der Waals surface area (Å²) in [6, 6.07) is 24.0. The number of hydrogen-bond acceptors (Lipinski definition) is 5. The number of fused-ring (bicyclic) bond motifs is 2. The topological polar surface area (TPSA) is 72.1 Å². The van der Waals surface area contributed by atoms with Crippen LogP contribution in [0.15, 0.2) is 83.4 Å². The molecular formula is C27H22N4O2. The molecule has 33 heavy (non-hydrogen) atoms. The summed E-state index contributed by atoms with van der Waals surface area (Å²) in [5, 5.41) is 12.9. The highest BCUT2D eigenvalue weighted by Gasteiger charge is 2.28. The Hall–Kier alpha value is -4.06. The lowest BCUT2D eigenvalue weighted by molar-refractivity contribution is 0.0706. The average molecular weight is 434 g/mol. The van der Waals surface area contributed by atoms with E-state index in [0.717, 1.165) is 39.9 Å². The Morgan fingerprint density at radius 2 is 1.61 bits per heavy atom. The van der Waals surface area contributed by atoms with E-state index in [4.69, 9.17) is 4.42 Å². The Balaban J connectivity index is 1.17. The summed E-state index contributed by atoms with van der Waals surface area (Å²) in [5.41, 5.74) is 1.44. The summed E-state index contributed by atoms with van der Waals surface area (Å²) >= 11 is 0. The van der Waals surface area contributed by atoms with E-state index >= 15 is 0 Å². The predicted octanol–water partition coefficient (Wildman–Crippen LogP) is 5.46. The van der Waals surface area contributed by atoms with E-state index in [1.807, 2.05) is 71.6 Å². The Morgan fingerprint density at radius 3 is 2.45 bits per heavy atom. The first-order chi connectivity index (χ1) is 16.3. The van der Waals surface area contributed by atoms with E-state index in [1.165, 1.54) is 0 Å². The van der Waals surface area contributed by atoms with Gasteiger partial charge in [0.05, 0.1) is 0 Å². The van der Waals surface area contributed by atoms with E-state index in [-0.39, 0.29) is 11.8 Å². The van der Waals surface area contributed by atoms with Gasteiger partial charge in [0.2, 0.25) is 5.89 Å². The molecule has 1 amide bonds. The fraction of sp³-hybridized carbons (Fsp3) is 0.185. The van der Waals surface area contributed by atoms with E-state index in [1.54, 1.807) is 6.20 Å². The Morgan fingerprint density at radius 1 is 0.848 bits per heavy atom. The molecule has 0 saturated carbocycles. The van der Waals surface area contributed by atoms with Gasteiger partial charge < -0.3 is 9.32 Å². The fourth-order valence-electron chi connectivity index (χ4n) is 4.62. The molecular weight excluding hydrogens is 412 g/mol. The molecule has 0 unspecified atom stereocenters. The van der Waals surface area contributed by atoms with Crippen molar-refractivity contribution in [1.82, 2.24) is 20.1 Å². The minimum atomic E-state index is 0.0744. The first kappa shape index (κ1) is 19.6. The van der Waals surface area contributed by atoms with Gasteiger partial charge in [-0.15, -0.1) is 10.2 Å². The number of hydrogen-bond donors (Lipinski definition) is 0. The van der Waals surface area contributed by atoms with Gasteiger partial charge >= 0.3 is 0 Å². The summed E-state index contributed by atoms with van der Waals surface area (Å²) in [6.45, 7) is 1.33. The predicted molar refractivity (Wildman–Crippen MR) is 127 cm³/mol. The largest absolute Gasteiger partial charge is 0.419 e. The zero-order chi connectivity index (χ0) is 22.2. The number of carbonyl (C=O) groups excluding carboxylic acids is 1. The van der Waals surface area contributed by atoms with Gasteiger partial charge in [-0.2, -0.15) is 0 Å². The van der Waals surface area contributed by atoms with Gasteiger partial charge in [0.25, 0.3) is 11.8 Å². The third kappa shape index (κ3) is 3.63. The molecule has 0 atom stereocenters. The number of pyridine rings is 1. The summed E-state index contributed by atoms with van der Waals surface area (Å²) in [6.07, 6.45) is 3.35. The molecule has 0 N–H and O–H groups in total. The first-order valence-corrected chi connectivity index (χ1v) is 11.2. The zero-order valence-corrected chi connectivity index (χ0v) is 18.0. The lowest BCUT2D eigenvalue weighted by Gasteiger charge is -2.30. The molecule has 3 heterocycles. The summed E-state index contributed by atoms with van der Waals surface area (Å²) in [7, 11) is 0. The van der Waals surface area contributed by atoms with Crippen molar-refractivity contribution in [2.75, 3.05) is 13.1 Å². The number of amides is 1. The van der Waals surface area contributed by atoms with Crippen molar-refractivity contribution < 1.29 is 9.21 Å². The van der Waals surface area contributed by atoms with Gasteiger partial charge in [-0.25, -0.2) is 0 Å². The molecule has 0 bridgehead atoms. The minimum Gasteiger partial charge on any atom is -0.419 e. The van der Waals surface area contributed by atoms with E-state index in [2.05, 4.69) is 21.2 Å². The van der Waals surface area contributed by atoms with Crippen LogP contribution in [-0.2, 0) is 0 Å². The molecule has 1 aliphatic rings. The molecule has 0 radical (unpaired) electrons. The third-order valence-corrected chi connectivity index (χ3v) is 6.44. The molecule has 2 aromatic heterocycles. The van der Waals surface area contributed by atoms with Crippen LogP contribution in [0.4, 0.5) is 0 Å². The number of piperidine rings is 1. The lowest BCUT2D eigenvalue weighted by atomic mass is 9.96. The Bertz CT molecular complexity index is 1460. The zero-order valence-electron chi connectivity index (χ0n) is 18.0. The second-order valence-corrected chi connectivity index (χ2v) is 8.45. The van der Waals surface area contributed by atoms with Crippen LogP contribution < -0.4 is 0 Å². The number of rotatable bonds is 3. The normalized spacial score (nSPS) is 14.7. The molecule has 1 saturated heterocycles. The minimum absolute atomic E-state index is 0.0744. The van der Waals surface area contributed by atoms with Gasteiger partial charge in [-0.05, 0) is 47.2 Å². The van der Waals surface area contributed by atoms with Gasteiger partial charge in [0.15, 0.2) is 0 Å². The van der Waals surface area contributed by atoms with Gasteiger partial charge in [0.1, 0.15) is 5.69 Å². The SMILES string of the molecule is O=C(c1ccc2ccccc2c1)N1CCC(c2nnc(-c3nccc4ccccc34)o2)CC1. The first-order valence-electron chi connectivity index (χ1n) is 11.2. The molecule has 0 spiro atoms. The quantitative estimate of drug-likeness (QED) is 0.377. The molecule has 0 aliphatic carbocycles. The monoisotopic (exact) mass is 434 g/mol. The van der Waals surface area contributed by atoms with Crippen molar-refractivity contribution >= 4 is 27.5 Å². The number of likely N-dealkylation sites (tertiary alicyclic amines) is 1. The van der Waals surface area contributed by atoms with Crippen molar-refractivity contribution in [1.29, 1.82) is 0 Å². The van der Waals surface area contributed by atoms with Crippen LogP contribution in [-0.4, -0.2) is 39.1 Å². The van der Waals surface area contributed by atoms with Crippen molar-refractivity contribution in [2.45, 2.75) is 18.8 Å². The number of benzene rings is 3. The molecule has 3 aromatic carbocycles. The standard InChI is InChI=1S/C27H22N4O2/c32-27(22-10-9-18-5-1-2-7-21(18)17-22)31-15-12-20(13-16-31)25-29-30-26(33-25)24-23-8-4-3-6-19(23)11-14-28-24/h1-11,14,17,20H,12-13,15-16H2. The molecule has 162 valence electrons. The maximum Gasteiger partial charge on any atom is 0.266 e. The van der Waals surface area contributed by atoms with Gasteiger partial charge in [-0.1, -0.05) is 54.6 Å². The van der Waals surface area contributed by atoms with Crippen LogP contribution in [0.3, 0.4) is 0 Å². The smallest absolute Gasteiger partial charge is 0.266 e. The molecule has 1 fully saturated rings. The van der Waals surface area contributed by atoms with Gasteiger partial charge in [-0.3, -0.25) is 9.78 Å². The number of carbonyl (C=O) groups is 1. The van der Waals surface area contributed by atoms with E-state index in [0.29, 0.717) is 30.6 Å². The van der Waals surface area contributed by atoms with Crippen molar-refractivity contribution in [3.05, 3.63) is 90.4 Å². The maximum absolute atomic E-state index is 13.1. The average Bonchev–Trinajstić information content (AvgIpc) is 3.38. The summed E-state index contributed by atoms with van der Waals surface area (Å²) in [4.78, 5) is 19.5. The molecule has 6 heteroatoms. The summed E-state index contributed by atoms with van der Waals surface area (Å²) in [5.74, 6) is 1.28. The molecule has 6 nitrogen and oxygen atoms in total. The third-order valence-electron chi connectivity index (χ3n) is 6.44. The van der Waals surface area contributed by atoms with Crippen molar-refractivity contribution in [2.24, 2.45) is 0 Å². The maximum atomic E-state index is 13.1. The Kier molecular flexibility index (Phi) is 4.83. The van der Waals surface area contributed by atoms with Crippen molar-refractivity contribution in [3.8, 4) is 11.6 Å². The van der Waals surface area contributed by atoms with Crippen LogP contribution in [0.2, 0.25) is 0 Å². The van der Waals surface area contributed by atoms with Crippen LogP contribution in [0.5, 0.6) is 0 Å². The second kappa shape index (κ2) is 8.13. The van der Waals surface area contributed by atoms with Gasteiger partial charge in [0, 0.05) is 36.2 Å². The number of nitrogens with zero attached hydrogens (tertiary/aromatic N) is 4. The van der Waals surface area contributed by atoms with Crippen molar-refractivity contribution in [3.63, 3.8) is 0 Å². The number of aromatic nitrogens is 3. The molecule has 5 aromatic rings. The molecule has 6 rings (SSSR count). The second-order valence-electron chi connectivity index (χ2n) is 8.45. The Labute approximate surface area is 190 Å². The lowest BCUT2D eigenvalue weighted by Crippen LogP contribution is -2.38. The highest BCUT2D eigenvalue weighted by Crippen LogP contribution is 2.31. The highest BCUT2D eigenvalue weighted by atomic mass is 16.4. The van der Waals surface area contributed by atoms with E-state index in [9.17, 15) is 4.79 Å². The van der Waals surface area contributed by atoms with Crippen LogP contribution in [0.25, 0.3) is 33.1 Å². The summed E-state index contributed by atoms with van der Waals surface area (Å²) < 4.78 is 6.06. The van der Waals surface area contributed by atoms with Crippen LogP contribution >= 0.6 is 0 Å². The van der Waals surface area contributed by atoms with Crippen LogP contribution in [0, 0.1) is 0 Å². The fourth-order valence-corrected chi connectivity index (χ4v) is 4.62. The molecule has 1 aliphatic heterocycles. The highest BCUT2D eigenvalue weighted by molar-refractivity contribution is 5.98. The van der Waals surface area contributed by atoms with E-state index < -0.39 is 0 Å². The van der Waals surface area contributed by atoms with Crippen LogP contribution in [0.1, 0.15) is 35.0 Å².